The number of rotatable bonds is 4. The average molecular weight is 312 g/mol. The second-order valence-corrected chi connectivity index (χ2v) is 7.49. The highest BCUT2D eigenvalue weighted by Crippen LogP contribution is 2.70. The van der Waals surface area contributed by atoms with Gasteiger partial charge in [-0.3, -0.25) is 4.79 Å². The van der Waals surface area contributed by atoms with Crippen molar-refractivity contribution < 1.29 is 9.21 Å². The summed E-state index contributed by atoms with van der Waals surface area (Å²) in [6.07, 6.45) is 2.70. The molecular weight excluding hydrogens is 292 g/mol. The zero-order valence-corrected chi connectivity index (χ0v) is 13.6. The Balaban J connectivity index is 1.66. The predicted molar refractivity (Wildman–Crippen MR) is 84.1 cm³/mol. The summed E-state index contributed by atoms with van der Waals surface area (Å²) in [5, 5.41) is 3.78. The third-order valence-electron chi connectivity index (χ3n) is 5.98. The van der Waals surface area contributed by atoms with Gasteiger partial charge in [-0.15, -0.1) is 0 Å². The molecule has 4 atom stereocenters. The monoisotopic (exact) mass is 312 g/mol. The van der Waals surface area contributed by atoms with Crippen molar-refractivity contribution in [2.24, 2.45) is 22.4 Å². The minimum absolute atomic E-state index is 0.105. The SMILES string of the molecule is CC1=C([C@H]2[C@@H](N=[N+]=[N-])C(=O)N2Cc2ccco2)[C@@H]2[C@H](C1)C2(C)C. The van der Waals surface area contributed by atoms with Crippen LogP contribution in [-0.4, -0.2) is 22.9 Å². The second kappa shape index (κ2) is 4.65. The molecule has 6 nitrogen and oxygen atoms in total. The van der Waals surface area contributed by atoms with E-state index in [0.29, 0.717) is 23.8 Å². The number of carbonyl (C=O) groups is 1. The van der Waals surface area contributed by atoms with Gasteiger partial charge in [-0.2, -0.15) is 0 Å². The molecule has 0 N–H and O–H groups in total. The van der Waals surface area contributed by atoms with Crippen LogP contribution in [0.1, 0.15) is 33.0 Å². The molecule has 0 aromatic carbocycles. The van der Waals surface area contributed by atoms with Crippen LogP contribution in [-0.2, 0) is 11.3 Å². The molecule has 0 spiro atoms. The van der Waals surface area contributed by atoms with E-state index in [-0.39, 0.29) is 11.9 Å². The summed E-state index contributed by atoms with van der Waals surface area (Å²) in [4.78, 5) is 17.1. The van der Waals surface area contributed by atoms with E-state index in [9.17, 15) is 4.79 Å². The lowest BCUT2D eigenvalue weighted by molar-refractivity contribution is -0.148. The zero-order chi connectivity index (χ0) is 16.4. The zero-order valence-electron chi connectivity index (χ0n) is 13.6. The fourth-order valence-corrected chi connectivity index (χ4v) is 4.68. The molecule has 3 aliphatic rings. The number of fused-ring (bicyclic) bond motifs is 1. The Morgan fingerprint density at radius 2 is 2.30 bits per heavy atom. The first-order valence-corrected chi connectivity index (χ1v) is 8.03. The molecule has 4 rings (SSSR count). The van der Waals surface area contributed by atoms with Crippen molar-refractivity contribution in [1.29, 1.82) is 0 Å². The molecule has 0 bridgehead atoms. The number of carbonyl (C=O) groups excluding carboxylic acids is 1. The van der Waals surface area contributed by atoms with Crippen LogP contribution in [0.5, 0.6) is 0 Å². The molecule has 2 aliphatic carbocycles. The number of likely N-dealkylation sites (tertiary alicyclic amines) is 1. The lowest BCUT2D eigenvalue weighted by Crippen LogP contribution is -2.64. The molecule has 6 heteroatoms. The predicted octanol–water partition coefficient (Wildman–Crippen LogP) is 3.66. The normalized spacial score (nSPS) is 34.0. The van der Waals surface area contributed by atoms with E-state index in [1.54, 1.807) is 11.2 Å². The molecule has 1 saturated heterocycles. The van der Waals surface area contributed by atoms with Gasteiger partial charge in [0.2, 0.25) is 5.91 Å². The van der Waals surface area contributed by atoms with Gasteiger partial charge < -0.3 is 9.32 Å². The quantitative estimate of drug-likeness (QED) is 0.279. The first kappa shape index (κ1) is 14.4. The molecule has 1 saturated carbocycles. The van der Waals surface area contributed by atoms with E-state index in [1.807, 2.05) is 12.1 Å². The Bertz CT molecular complexity index is 743. The van der Waals surface area contributed by atoms with Gasteiger partial charge in [0.1, 0.15) is 11.8 Å². The van der Waals surface area contributed by atoms with Crippen molar-refractivity contribution in [2.45, 2.75) is 45.8 Å². The van der Waals surface area contributed by atoms with Crippen LogP contribution in [0, 0.1) is 17.3 Å². The molecule has 2 fully saturated rings. The minimum atomic E-state index is -0.602. The maximum Gasteiger partial charge on any atom is 0.234 e. The summed E-state index contributed by atoms with van der Waals surface area (Å²) < 4.78 is 5.39. The number of azide groups is 1. The largest absolute Gasteiger partial charge is 0.467 e. The van der Waals surface area contributed by atoms with Gasteiger partial charge >= 0.3 is 0 Å². The first-order chi connectivity index (χ1) is 11.0. The molecule has 0 unspecified atom stereocenters. The molecular formula is C17H20N4O2. The van der Waals surface area contributed by atoms with Crippen LogP contribution in [0.3, 0.4) is 0 Å². The highest BCUT2D eigenvalue weighted by Gasteiger charge is 2.66. The third kappa shape index (κ3) is 1.88. The highest BCUT2D eigenvalue weighted by atomic mass is 16.3. The smallest absolute Gasteiger partial charge is 0.234 e. The van der Waals surface area contributed by atoms with Gasteiger partial charge in [0.15, 0.2) is 0 Å². The van der Waals surface area contributed by atoms with Crippen molar-refractivity contribution in [3.8, 4) is 0 Å². The van der Waals surface area contributed by atoms with Crippen molar-refractivity contribution in [2.75, 3.05) is 0 Å². The van der Waals surface area contributed by atoms with E-state index in [1.165, 1.54) is 11.1 Å². The van der Waals surface area contributed by atoms with Gasteiger partial charge in [-0.05, 0) is 53.8 Å². The molecule has 120 valence electrons. The molecule has 1 aromatic rings. The van der Waals surface area contributed by atoms with Crippen LogP contribution >= 0.6 is 0 Å². The maximum absolute atomic E-state index is 12.4. The van der Waals surface area contributed by atoms with Gasteiger partial charge in [0.05, 0.1) is 18.8 Å². The molecule has 0 radical (unpaired) electrons. The summed E-state index contributed by atoms with van der Waals surface area (Å²) in [6.45, 7) is 7.16. The van der Waals surface area contributed by atoms with Gasteiger partial charge in [-0.1, -0.05) is 24.5 Å². The summed E-state index contributed by atoms with van der Waals surface area (Å²) in [6, 6.07) is 2.97. The molecule has 23 heavy (non-hydrogen) atoms. The fraction of sp³-hybridized carbons (Fsp3) is 0.588. The van der Waals surface area contributed by atoms with E-state index in [0.717, 1.165) is 12.2 Å². The molecule has 2 heterocycles. The van der Waals surface area contributed by atoms with Crippen molar-refractivity contribution in [3.05, 3.63) is 45.7 Å². The first-order valence-electron chi connectivity index (χ1n) is 8.03. The molecule has 1 aliphatic heterocycles. The lowest BCUT2D eigenvalue weighted by atomic mass is 9.82. The molecule has 1 aromatic heterocycles. The summed E-state index contributed by atoms with van der Waals surface area (Å²) >= 11 is 0. The van der Waals surface area contributed by atoms with E-state index < -0.39 is 6.04 Å². The van der Waals surface area contributed by atoms with Crippen LogP contribution in [0.2, 0.25) is 0 Å². The Kier molecular flexibility index (Phi) is 2.91. The number of allylic oxidation sites excluding steroid dienone is 1. The van der Waals surface area contributed by atoms with Gasteiger partial charge in [0, 0.05) is 4.91 Å². The van der Waals surface area contributed by atoms with Crippen molar-refractivity contribution >= 4 is 5.91 Å². The second-order valence-electron chi connectivity index (χ2n) is 7.49. The Hall–Kier alpha value is -2.20. The van der Waals surface area contributed by atoms with E-state index in [2.05, 4.69) is 30.8 Å². The minimum Gasteiger partial charge on any atom is -0.467 e. The number of nitrogens with zero attached hydrogens (tertiary/aromatic N) is 4. The van der Waals surface area contributed by atoms with Gasteiger partial charge in [0.25, 0.3) is 0 Å². The van der Waals surface area contributed by atoms with Gasteiger partial charge in [-0.25, -0.2) is 0 Å². The lowest BCUT2D eigenvalue weighted by Gasteiger charge is -2.47. The highest BCUT2D eigenvalue weighted by molar-refractivity contribution is 5.91. The number of amides is 1. The van der Waals surface area contributed by atoms with Crippen LogP contribution < -0.4 is 0 Å². The Morgan fingerprint density at radius 1 is 1.52 bits per heavy atom. The third-order valence-corrected chi connectivity index (χ3v) is 5.98. The maximum atomic E-state index is 12.4. The summed E-state index contributed by atoms with van der Waals surface area (Å²) in [7, 11) is 0. The number of hydrogen-bond acceptors (Lipinski definition) is 3. The molecule has 1 amide bonds. The number of hydrogen-bond donors (Lipinski definition) is 0. The summed E-state index contributed by atoms with van der Waals surface area (Å²) in [5.41, 5.74) is 11.8. The van der Waals surface area contributed by atoms with Crippen LogP contribution in [0.4, 0.5) is 0 Å². The van der Waals surface area contributed by atoms with Crippen molar-refractivity contribution in [3.63, 3.8) is 0 Å². The van der Waals surface area contributed by atoms with Crippen LogP contribution in [0.15, 0.2) is 39.1 Å². The van der Waals surface area contributed by atoms with Crippen LogP contribution in [0.25, 0.3) is 10.4 Å². The fourth-order valence-electron chi connectivity index (χ4n) is 4.68. The summed E-state index contributed by atoms with van der Waals surface area (Å²) in [5.74, 6) is 1.83. The standard InChI is InChI=1S/C17H20N4O2/c1-9-7-11-13(17(11,2)3)12(9)15-14(19-20-18)16(22)21(15)8-10-5-4-6-23-10/h4-6,11,13-15H,7-8H2,1-3H3/t11-,13-,14+,15-/m0/s1. The average Bonchev–Trinajstić information content (AvgIpc) is 2.96. The van der Waals surface area contributed by atoms with E-state index >= 15 is 0 Å². The topological polar surface area (TPSA) is 82.2 Å². The number of furan rings is 1. The van der Waals surface area contributed by atoms with Crippen molar-refractivity contribution in [1.82, 2.24) is 4.90 Å². The van der Waals surface area contributed by atoms with E-state index in [4.69, 9.17) is 9.95 Å². The Labute approximate surface area is 134 Å². The number of β-lactam (4-membered cyclic amide) rings is 1. The Morgan fingerprint density at radius 3 is 2.91 bits per heavy atom.